The highest BCUT2D eigenvalue weighted by Gasteiger charge is 2.45. The average molecular weight is 474 g/mol. The molecule has 1 aliphatic heterocycles. The van der Waals surface area contributed by atoms with Gasteiger partial charge in [-0.3, -0.25) is 9.59 Å². The first-order valence-electron chi connectivity index (χ1n) is 9.97. The summed E-state index contributed by atoms with van der Waals surface area (Å²) in [6.07, 6.45) is -8.96. The van der Waals surface area contributed by atoms with Crippen molar-refractivity contribution in [3.8, 4) is 17.2 Å². The highest BCUT2D eigenvalue weighted by Crippen LogP contribution is 2.45. The van der Waals surface area contributed by atoms with Gasteiger partial charge in [-0.2, -0.15) is 0 Å². The zero-order chi connectivity index (χ0) is 25.2. The molecule has 4 rings (SSSR count). The van der Waals surface area contributed by atoms with Crippen LogP contribution in [0.4, 0.5) is 0 Å². The zero-order valence-electron chi connectivity index (χ0n) is 17.4. The maximum atomic E-state index is 13.3. The van der Waals surface area contributed by atoms with Gasteiger partial charge in [-0.05, 0) is 24.1 Å². The third kappa shape index (κ3) is 3.15. The number of carbonyl (C=O) groups excluding carboxylic acids is 2. The number of benzene rings is 2. The quantitative estimate of drug-likeness (QED) is 0.238. The lowest BCUT2D eigenvalue weighted by molar-refractivity contribution is -0.292. The first kappa shape index (κ1) is 23.6. The van der Waals surface area contributed by atoms with Crippen molar-refractivity contribution in [1.29, 1.82) is 0 Å². The molecule has 0 aromatic heterocycles. The summed E-state index contributed by atoms with van der Waals surface area (Å²) in [5, 5.41) is 85.2. The second-order valence-corrected chi connectivity index (χ2v) is 8.07. The second kappa shape index (κ2) is 8.04. The zero-order valence-corrected chi connectivity index (χ0v) is 17.4. The predicted molar refractivity (Wildman–Crippen MR) is 105 cm³/mol. The highest BCUT2D eigenvalue weighted by molar-refractivity contribution is 6.30. The summed E-state index contributed by atoms with van der Waals surface area (Å²) in [4.78, 5) is 37.8. The Hall–Kier alpha value is -3.55. The van der Waals surface area contributed by atoms with Crippen LogP contribution in [0.2, 0.25) is 0 Å². The molecule has 0 radical (unpaired) electrons. The van der Waals surface area contributed by atoms with E-state index in [0.717, 1.165) is 6.07 Å². The third-order valence-electron chi connectivity index (χ3n) is 6.17. The Morgan fingerprint density at radius 2 is 1.62 bits per heavy atom. The van der Waals surface area contributed by atoms with E-state index < -0.39 is 105 Å². The molecule has 180 valence electrons. The number of ketones is 2. The molecule has 12 heteroatoms. The van der Waals surface area contributed by atoms with Crippen LogP contribution in [0.3, 0.4) is 0 Å². The van der Waals surface area contributed by atoms with E-state index in [2.05, 4.69) is 0 Å². The first-order chi connectivity index (χ1) is 15.9. The Kier molecular flexibility index (Phi) is 5.58. The number of carbonyl (C=O) groups is 3. The lowest BCUT2D eigenvalue weighted by Crippen LogP contribution is -2.55. The summed E-state index contributed by atoms with van der Waals surface area (Å²) in [6.45, 7) is 0.337. The van der Waals surface area contributed by atoms with Crippen molar-refractivity contribution in [2.75, 3.05) is 6.61 Å². The number of carboxylic acids is 1. The number of aliphatic hydroxyl groups is 4. The molecule has 0 saturated carbocycles. The molecule has 34 heavy (non-hydrogen) atoms. The van der Waals surface area contributed by atoms with Crippen molar-refractivity contribution in [3.05, 3.63) is 51.1 Å². The van der Waals surface area contributed by atoms with Crippen molar-refractivity contribution < 1.29 is 60.0 Å². The van der Waals surface area contributed by atoms with E-state index in [0.29, 0.717) is 6.07 Å². The summed E-state index contributed by atoms with van der Waals surface area (Å²) >= 11 is 0. The summed E-state index contributed by atoms with van der Waals surface area (Å²) in [5.41, 5.74) is -3.91. The normalized spacial score (nSPS) is 26.2. The minimum absolute atomic E-state index is 0.272. The molecular weight excluding hydrogens is 456 g/mol. The van der Waals surface area contributed by atoms with Gasteiger partial charge in [0.1, 0.15) is 41.8 Å². The minimum atomic E-state index is -1.99. The molecule has 1 saturated heterocycles. The molecule has 0 unspecified atom stereocenters. The van der Waals surface area contributed by atoms with Crippen LogP contribution in [0.1, 0.15) is 59.4 Å². The topological polar surface area (TPSA) is 228 Å². The van der Waals surface area contributed by atoms with Crippen LogP contribution < -0.4 is 10.2 Å². The van der Waals surface area contributed by atoms with Crippen molar-refractivity contribution in [3.63, 3.8) is 0 Å². The van der Waals surface area contributed by atoms with Gasteiger partial charge >= 0.3 is 5.97 Å². The molecule has 2 aliphatic rings. The Balaban J connectivity index is 1.93. The van der Waals surface area contributed by atoms with Crippen LogP contribution in [0, 0.1) is 6.92 Å². The molecule has 1 heterocycles. The Morgan fingerprint density at radius 3 is 2.21 bits per heavy atom. The number of hydrogen-bond acceptors (Lipinski definition) is 11. The summed E-state index contributed by atoms with van der Waals surface area (Å²) in [7, 11) is 0. The van der Waals surface area contributed by atoms with Crippen molar-refractivity contribution >= 4 is 17.5 Å². The summed E-state index contributed by atoms with van der Waals surface area (Å²) < 4.78 is 5.27. The van der Waals surface area contributed by atoms with Crippen molar-refractivity contribution in [1.82, 2.24) is 0 Å². The van der Waals surface area contributed by atoms with E-state index in [-0.39, 0.29) is 5.56 Å². The van der Waals surface area contributed by atoms with Gasteiger partial charge in [0.2, 0.25) is 0 Å². The smallest absolute Gasteiger partial charge is 0.339 e. The van der Waals surface area contributed by atoms with Gasteiger partial charge in [0, 0.05) is 22.3 Å². The fourth-order valence-corrected chi connectivity index (χ4v) is 4.48. The third-order valence-corrected chi connectivity index (χ3v) is 6.17. The molecule has 12 nitrogen and oxygen atoms in total. The predicted octanol–water partition coefficient (Wildman–Crippen LogP) is -2.16. The number of phenols is 1. The summed E-state index contributed by atoms with van der Waals surface area (Å²) in [6, 6.07) is 1.45. The molecule has 2 aromatic rings. The molecule has 2 aromatic carbocycles. The monoisotopic (exact) mass is 474 g/mol. The number of ether oxygens (including phenoxy) is 1. The van der Waals surface area contributed by atoms with Gasteiger partial charge in [-0.15, -0.1) is 5.75 Å². The van der Waals surface area contributed by atoms with E-state index in [1.807, 2.05) is 0 Å². The van der Waals surface area contributed by atoms with Gasteiger partial charge in [0.05, 0.1) is 6.61 Å². The van der Waals surface area contributed by atoms with Crippen molar-refractivity contribution in [2.45, 2.75) is 37.4 Å². The Morgan fingerprint density at radius 1 is 1.00 bits per heavy atom. The van der Waals surface area contributed by atoms with Crippen LogP contribution in [-0.4, -0.2) is 79.2 Å². The maximum Gasteiger partial charge on any atom is 0.339 e. The number of aromatic carboxylic acids is 1. The van der Waals surface area contributed by atoms with Gasteiger partial charge in [0.25, 0.3) is 0 Å². The number of aliphatic hydroxyl groups excluding tert-OH is 4. The number of carboxylic acid groups (broad SMARTS) is 1. The number of fused-ring (bicyclic) bond motifs is 2. The number of aromatic hydroxyl groups is 1. The fourth-order valence-electron chi connectivity index (χ4n) is 4.48. The minimum Gasteiger partial charge on any atom is -0.872 e. The fraction of sp³-hybridized carbons (Fsp3) is 0.318. The van der Waals surface area contributed by atoms with Crippen molar-refractivity contribution in [2.24, 2.45) is 0 Å². The van der Waals surface area contributed by atoms with Crippen LogP contribution in [0.15, 0.2) is 12.1 Å². The van der Waals surface area contributed by atoms with E-state index in [4.69, 9.17) is 4.74 Å². The SMILES string of the molecule is Cc1c(C(=O)O)c(O)cc2c1C(=O)c1c(cc([O-])c([C@@H]3O[C@H](CO)[C@@H](O)[C@H](O)[C@H]3O)c1[O-])C2=O. The molecule has 0 bridgehead atoms. The van der Waals surface area contributed by atoms with E-state index in [9.17, 15) is 55.2 Å². The lowest BCUT2D eigenvalue weighted by atomic mass is 9.78. The standard InChI is InChI=1S/C22H20O12/c1-5-11-6(2-8(24)12(5)22(32)33)15(26)7-3-9(25)14(18(29)13(7)17(11)28)21-20(31)19(30)16(27)10(4-23)34-21/h2-3,10,16,19-21,23-25,27,29-31H,4H2,1H3,(H,32,33)/p-2/t10-,16-,19+,20-,21+/m1/s1. The molecule has 1 aliphatic carbocycles. The van der Waals surface area contributed by atoms with Gasteiger partial charge in [-0.25, -0.2) is 4.79 Å². The van der Waals surface area contributed by atoms with Gasteiger partial charge in [-0.1, -0.05) is 11.8 Å². The van der Waals surface area contributed by atoms with Crippen LogP contribution in [0.25, 0.3) is 0 Å². The Labute approximate surface area is 190 Å². The molecule has 6 N–H and O–H groups in total. The van der Waals surface area contributed by atoms with Gasteiger partial charge in [0.15, 0.2) is 11.6 Å². The number of rotatable bonds is 3. The molecule has 0 spiro atoms. The van der Waals surface area contributed by atoms with Crippen LogP contribution >= 0.6 is 0 Å². The van der Waals surface area contributed by atoms with E-state index in [1.54, 1.807) is 0 Å². The van der Waals surface area contributed by atoms with Gasteiger partial charge < -0.3 is 45.6 Å². The first-order valence-corrected chi connectivity index (χ1v) is 9.97. The Bertz CT molecular complexity index is 1250. The van der Waals surface area contributed by atoms with E-state index >= 15 is 0 Å². The largest absolute Gasteiger partial charge is 0.872 e. The molecular formula is C22H18O12-2. The highest BCUT2D eigenvalue weighted by atomic mass is 16.5. The maximum absolute atomic E-state index is 13.3. The van der Waals surface area contributed by atoms with Crippen LogP contribution in [-0.2, 0) is 4.74 Å². The molecule has 1 fully saturated rings. The second-order valence-electron chi connectivity index (χ2n) is 8.07. The average Bonchev–Trinajstić information content (AvgIpc) is 2.76. The van der Waals surface area contributed by atoms with Crippen LogP contribution in [0.5, 0.6) is 17.2 Å². The molecule has 5 atom stereocenters. The van der Waals surface area contributed by atoms with E-state index in [1.165, 1.54) is 6.92 Å². The molecule has 0 amide bonds. The number of hydrogen-bond donors (Lipinski definition) is 6. The lowest BCUT2D eigenvalue weighted by Gasteiger charge is -2.43. The summed E-state index contributed by atoms with van der Waals surface area (Å²) in [5.74, 6) is -6.82.